The van der Waals surface area contributed by atoms with Gasteiger partial charge in [0.1, 0.15) is 11.6 Å². The van der Waals surface area contributed by atoms with Crippen LogP contribution in [0.2, 0.25) is 0 Å². The van der Waals surface area contributed by atoms with Gasteiger partial charge in [-0.25, -0.2) is 14.4 Å². The molecule has 1 unspecified atom stereocenters. The number of ether oxygens (including phenoxy) is 2. The van der Waals surface area contributed by atoms with Crippen LogP contribution in [-0.4, -0.2) is 72.7 Å². The molecule has 2 aromatic carbocycles. The molecule has 0 radical (unpaired) electrons. The highest BCUT2D eigenvalue weighted by Gasteiger charge is 2.43. The molecule has 1 aliphatic heterocycles. The first-order chi connectivity index (χ1) is 18.5. The molecular formula is C25H27N3O11S. The second-order valence-electron chi connectivity index (χ2n) is 9.86. The molecule has 15 heteroatoms. The van der Waals surface area contributed by atoms with E-state index < -0.39 is 63.3 Å². The lowest BCUT2D eigenvalue weighted by Gasteiger charge is -2.22. The number of rotatable bonds is 7. The molecule has 0 aliphatic carbocycles. The minimum Gasteiger partial charge on any atom is -0.456 e. The van der Waals surface area contributed by atoms with Crippen molar-refractivity contribution < 1.29 is 46.2 Å². The maximum Gasteiger partial charge on any atom is 0.418 e. The Kier molecular flexibility index (Phi) is 8.90. The highest BCUT2D eigenvalue weighted by atomic mass is 32.2. The van der Waals surface area contributed by atoms with Crippen molar-refractivity contribution in [2.75, 3.05) is 18.1 Å². The van der Waals surface area contributed by atoms with Gasteiger partial charge in [0.25, 0.3) is 15.8 Å². The number of hydrogen-bond acceptors (Lipinski definition) is 11. The number of anilines is 1. The fourth-order valence-electron chi connectivity index (χ4n) is 3.77. The molecular weight excluding hydrogens is 550 g/mol. The fourth-order valence-corrected chi connectivity index (χ4v) is 4.40. The van der Waals surface area contributed by atoms with Crippen molar-refractivity contribution in [2.24, 2.45) is 0 Å². The monoisotopic (exact) mass is 577 g/mol. The number of carbonyl (C=O) groups excluding carboxylic acids is 4. The lowest BCUT2D eigenvalue weighted by molar-refractivity contribution is -0.384. The Balaban J connectivity index is 1.78. The van der Waals surface area contributed by atoms with Crippen LogP contribution in [0.3, 0.4) is 0 Å². The highest BCUT2D eigenvalue weighted by molar-refractivity contribution is 7.86. The molecule has 1 N–H and O–H groups in total. The first-order valence-corrected chi connectivity index (χ1v) is 13.6. The Hall–Kier alpha value is -4.37. The summed E-state index contributed by atoms with van der Waals surface area (Å²) in [5.41, 5.74) is -0.849. The van der Waals surface area contributed by atoms with Crippen LogP contribution < -0.4 is 5.32 Å². The summed E-state index contributed by atoms with van der Waals surface area (Å²) in [6.45, 7) is 4.71. The van der Waals surface area contributed by atoms with Crippen LogP contribution in [0.5, 0.6) is 0 Å². The van der Waals surface area contributed by atoms with E-state index in [4.69, 9.17) is 13.7 Å². The van der Waals surface area contributed by atoms with Crippen LogP contribution in [0, 0.1) is 10.1 Å². The summed E-state index contributed by atoms with van der Waals surface area (Å²) < 4.78 is 38.5. The Labute approximate surface area is 229 Å². The van der Waals surface area contributed by atoms with E-state index in [9.17, 15) is 37.7 Å². The normalized spacial score (nSPS) is 17.1. The molecule has 2 aromatic rings. The molecule has 2 amide bonds. The number of benzene rings is 2. The maximum atomic E-state index is 13.2. The summed E-state index contributed by atoms with van der Waals surface area (Å²) >= 11 is 0. The average molecular weight is 578 g/mol. The van der Waals surface area contributed by atoms with Gasteiger partial charge in [-0.1, -0.05) is 6.07 Å². The number of hydrogen-bond donors (Lipinski definition) is 1. The first-order valence-electron chi connectivity index (χ1n) is 11.8. The number of esters is 2. The second kappa shape index (κ2) is 11.8. The minimum atomic E-state index is -3.96. The molecule has 1 fully saturated rings. The fraction of sp³-hybridized carbons (Fsp3) is 0.360. The van der Waals surface area contributed by atoms with Crippen molar-refractivity contribution in [1.29, 1.82) is 0 Å². The SMILES string of the molecule is CC(C)(C)OC(=O)c1cccc(NC(=O)[C@@H]2CC(OS(C)(=O)=O)CN2C(=O)OC(=O)c2ccc([N+](=O)[O-])cc2)c1. The number of nitro benzene ring substituents is 1. The van der Waals surface area contributed by atoms with Gasteiger partial charge in [0, 0.05) is 24.2 Å². The number of nitrogens with zero attached hydrogens (tertiary/aromatic N) is 2. The Bertz CT molecular complexity index is 1430. The van der Waals surface area contributed by atoms with Gasteiger partial charge in [-0.2, -0.15) is 8.42 Å². The van der Waals surface area contributed by atoms with Gasteiger partial charge in [0.15, 0.2) is 0 Å². The number of amides is 2. The molecule has 1 aliphatic rings. The van der Waals surface area contributed by atoms with Crippen molar-refractivity contribution >= 4 is 45.4 Å². The van der Waals surface area contributed by atoms with E-state index in [0.717, 1.165) is 35.4 Å². The summed E-state index contributed by atoms with van der Waals surface area (Å²) in [7, 11) is -3.96. The zero-order valence-corrected chi connectivity index (χ0v) is 22.8. The molecule has 0 saturated carbocycles. The number of non-ortho nitro benzene ring substituents is 1. The summed E-state index contributed by atoms with van der Waals surface area (Å²) in [5, 5.41) is 13.4. The average Bonchev–Trinajstić information content (AvgIpc) is 3.25. The van der Waals surface area contributed by atoms with Crippen molar-refractivity contribution in [3.8, 4) is 0 Å². The van der Waals surface area contributed by atoms with E-state index in [0.29, 0.717) is 0 Å². The molecule has 0 aromatic heterocycles. The molecule has 14 nitrogen and oxygen atoms in total. The van der Waals surface area contributed by atoms with Crippen LogP contribution in [0.15, 0.2) is 48.5 Å². The van der Waals surface area contributed by atoms with Gasteiger partial charge in [-0.3, -0.25) is 24.0 Å². The Morgan fingerprint density at radius 3 is 2.25 bits per heavy atom. The third-order valence-electron chi connectivity index (χ3n) is 5.37. The molecule has 0 spiro atoms. The summed E-state index contributed by atoms with van der Waals surface area (Å²) in [4.78, 5) is 61.9. The highest BCUT2D eigenvalue weighted by Crippen LogP contribution is 2.25. The van der Waals surface area contributed by atoms with E-state index in [1.54, 1.807) is 20.8 Å². The van der Waals surface area contributed by atoms with Crippen LogP contribution in [-0.2, 0) is 28.6 Å². The largest absolute Gasteiger partial charge is 0.456 e. The van der Waals surface area contributed by atoms with E-state index in [-0.39, 0.29) is 28.9 Å². The summed E-state index contributed by atoms with van der Waals surface area (Å²) in [6, 6.07) is 8.83. The number of nitrogens with one attached hydrogen (secondary N) is 1. The topological polar surface area (TPSA) is 189 Å². The second-order valence-corrected chi connectivity index (χ2v) is 11.5. The van der Waals surface area contributed by atoms with E-state index >= 15 is 0 Å². The Morgan fingerprint density at radius 1 is 1.02 bits per heavy atom. The van der Waals surface area contributed by atoms with Gasteiger partial charge in [0.05, 0.1) is 35.0 Å². The van der Waals surface area contributed by atoms with Crippen molar-refractivity contribution in [2.45, 2.75) is 44.9 Å². The van der Waals surface area contributed by atoms with Crippen LogP contribution in [0.4, 0.5) is 16.2 Å². The smallest absolute Gasteiger partial charge is 0.418 e. The zero-order valence-electron chi connectivity index (χ0n) is 22.0. The minimum absolute atomic E-state index is 0.155. The quantitative estimate of drug-likeness (QED) is 0.167. The molecule has 1 saturated heterocycles. The number of carbonyl (C=O) groups is 4. The molecule has 1 heterocycles. The van der Waals surface area contributed by atoms with Crippen molar-refractivity contribution in [3.63, 3.8) is 0 Å². The predicted molar refractivity (Wildman–Crippen MR) is 139 cm³/mol. The van der Waals surface area contributed by atoms with Gasteiger partial charge >= 0.3 is 18.0 Å². The third kappa shape index (κ3) is 8.31. The van der Waals surface area contributed by atoms with Gasteiger partial charge < -0.3 is 14.8 Å². The van der Waals surface area contributed by atoms with Gasteiger partial charge in [-0.05, 0) is 51.1 Å². The Morgan fingerprint density at radius 2 is 1.68 bits per heavy atom. The summed E-state index contributed by atoms with van der Waals surface area (Å²) in [6.07, 6.45) is -1.80. The standard InChI is InChI=1S/C25H27N3O11S/c1-25(2,3)38-23(31)16-6-5-7-17(12-16)26-21(29)20-13-19(39-40(4,35)36)14-27(20)24(32)37-22(30)15-8-10-18(11-9-15)28(33)34/h5-12,19-20H,13-14H2,1-4H3,(H,26,29)/t19?,20-/m0/s1. The van der Waals surface area contributed by atoms with E-state index in [1.807, 2.05) is 0 Å². The van der Waals surface area contributed by atoms with Crippen molar-refractivity contribution in [3.05, 3.63) is 69.8 Å². The molecule has 40 heavy (non-hydrogen) atoms. The van der Waals surface area contributed by atoms with Crippen LogP contribution in [0.1, 0.15) is 47.9 Å². The molecule has 0 bridgehead atoms. The lowest BCUT2D eigenvalue weighted by Crippen LogP contribution is -2.44. The van der Waals surface area contributed by atoms with Crippen molar-refractivity contribution in [1.82, 2.24) is 4.90 Å². The number of likely N-dealkylation sites (tertiary alicyclic amines) is 1. The molecule has 2 atom stereocenters. The zero-order chi connectivity index (χ0) is 29.8. The van der Waals surface area contributed by atoms with Crippen LogP contribution >= 0.6 is 0 Å². The molecule has 3 rings (SSSR count). The summed E-state index contributed by atoms with van der Waals surface area (Å²) in [5.74, 6) is -2.53. The van der Waals surface area contributed by atoms with E-state index in [2.05, 4.69) is 5.32 Å². The first kappa shape index (κ1) is 30.2. The van der Waals surface area contributed by atoms with Gasteiger partial charge in [0.2, 0.25) is 5.91 Å². The predicted octanol–water partition coefficient (Wildman–Crippen LogP) is 2.88. The maximum absolute atomic E-state index is 13.2. The van der Waals surface area contributed by atoms with Crippen LogP contribution in [0.25, 0.3) is 0 Å². The number of nitro groups is 1. The van der Waals surface area contributed by atoms with E-state index in [1.165, 1.54) is 24.3 Å². The third-order valence-corrected chi connectivity index (χ3v) is 5.99. The lowest BCUT2D eigenvalue weighted by atomic mass is 10.1. The van der Waals surface area contributed by atoms with Gasteiger partial charge in [-0.15, -0.1) is 0 Å². The molecule has 214 valence electrons.